The molecule has 124 valence electrons. The van der Waals surface area contributed by atoms with Crippen LogP contribution < -0.4 is 10.9 Å². The molecule has 0 saturated heterocycles. The summed E-state index contributed by atoms with van der Waals surface area (Å²) in [5.74, 6) is 0. The van der Waals surface area contributed by atoms with Crippen molar-refractivity contribution in [3.63, 3.8) is 0 Å². The van der Waals surface area contributed by atoms with E-state index in [9.17, 15) is 4.79 Å². The van der Waals surface area contributed by atoms with E-state index in [1.54, 1.807) is 25.6 Å². The van der Waals surface area contributed by atoms with Crippen LogP contribution in [0.4, 0.5) is 5.69 Å². The van der Waals surface area contributed by atoms with Crippen molar-refractivity contribution in [1.82, 2.24) is 24.6 Å². The molecule has 2 aromatic rings. The molecule has 0 aliphatic carbocycles. The zero-order valence-electron chi connectivity index (χ0n) is 13.5. The minimum Gasteiger partial charge on any atom is -0.378 e. The summed E-state index contributed by atoms with van der Waals surface area (Å²) in [5, 5.41) is 7.47. The molecule has 0 bridgehead atoms. The molecular weight excluding hydrogens is 316 g/mol. The van der Waals surface area contributed by atoms with E-state index in [0.717, 1.165) is 25.1 Å². The zero-order valence-corrected chi connectivity index (χ0v) is 14.3. The topological polar surface area (TPSA) is 75.9 Å². The van der Waals surface area contributed by atoms with Crippen molar-refractivity contribution >= 4 is 17.3 Å². The van der Waals surface area contributed by atoms with Crippen LogP contribution in [0.5, 0.6) is 0 Å². The van der Waals surface area contributed by atoms with Crippen molar-refractivity contribution in [2.45, 2.75) is 25.9 Å². The number of rotatable bonds is 7. The second-order valence-corrected chi connectivity index (χ2v) is 5.87. The van der Waals surface area contributed by atoms with Crippen LogP contribution in [0.1, 0.15) is 18.9 Å². The SMILES string of the molecule is CCC(CN(C)Cc1cncnc1)Nc1cnn(C)c(=O)c1Cl. The van der Waals surface area contributed by atoms with Crippen LogP contribution in [0.25, 0.3) is 0 Å². The van der Waals surface area contributed by atoms with Crippen LogP contribution in [-0.4, -0.2) is 44.3 Å². The lowest BCUT2D eigenvalue weighted by atomic mass is 10.2. The number of aromatic nitrogens is 4. The van der Waals surface area contributed by atoms with Crippen molar-refractivity contribution in [3.05, 3.63) is 45.9 Å². The van der Waals surface area contributed by atoms with Crippen LogP contribution in [0.2, 0.25) is 5.02 Å². The lowest BCUT2D eigenvalue weighted by Gasteiger charge is -2.25. The summed E-state index contributed by atoms with van der Waals surface area (Å²) >= 11 is 6.10. The molecule has 8 heteroatoms. The number of nitrogens with one attached hydrogen (secondary N) is 1. The predicted octanol–water partition coefficient (Wildman–Crippen LogP) is 1.55. The molecule has 0 aliphatic rings. The molecule has 2 heterocycles. The molecule has 23 heavy (non-hydrogen) atoms. The first-order valence-electron chi connectivity index (χ1n) is 7.42. The van der Waals surface area contributed by atoms with E-state index < -0.39 is 0 Å². The predicted molar refractivity (Wildman–Crippen MR) is 90.6 cm³/mol. The Morgan fingerprint density at radius 1 is 1.35 bits per heavy atom. The maximum absolute atomic E-state index is 11.8. The second-order valence-electron chi connectivity index (χ2n) is 5.49. The minimum atomic E-state index is -0.304. The molecule has 0 aromatic carbocycles. The van der Waals surface area contributed by atoms with Gasteiger partial charge in [-0.05, 0) is 13.5 Å². The summed E-state index contributed by atoms with van der Waals surface area (Å²) in [4.78, 5) is 22.0. The van der Waals surface area contributed by atoms with E-state index in [-0.39, 0.29) is 16.6 Å². The van der Waals surface area contributed by atoms with Crippen LogP contribution >= 0.6 is 11.6 Å². The van der Waals surface area contributed by atoms with E-state index >= 15 is 0 Å². The van der Waals surface area contributed by atoms with Gasteiger partial charge in [0.25, 0.3) is 5.56 Å². The third-order valence-electron chi connectivity index (χ3n) is 3.53. The first-order valence-corrected chi connectivity index (χ1v) is 7.79. The highest BCUT2D eigenvalue weighted by Crippen LogP contribution is 2.17. The van der Waals surface area contributed by atoms with Gasteiger partial charge in [-0.1, -0.05) is 18.5 Å². The van der Waals surface area contributed by atoms with E-state index in [0.29, 0.717) is 5.69 Å². The lowest BCUT2D eigenvalue weighted by molar-refractivity contribution is 0.307. The zero-order chi connectivity index (χ0) is 16.8. The third-order valence-corrected chi connectivity index (χ3v) is 3.89. The summed E-state index contributed by atoms with van der Waals surface area (Å²) < 4.78 is 1.22. The molecule has 1 unspecified atom stereocenters. The third kappa shape index (κ3) is 4.74. The quantitative estimate of drug-likeness (QED) is 0.826. The summed E-state index contributed by atoms with van der Waals surface area (Å²) in [6, 6.07) is 0.149. The van der Waals surface area contributed by atoms with Crippen molar-refractivity contribution < 1.29 is 0 Å². The van der Waals surface area contributed by atoms with Gasteiger partial charge in [0, 0.05) is 44.1 Å². The minimum absolute atomic E-state index is 0.149. The second kappa shape index (κ2) is 8.03. The Hall–Kier alpha value is -1.99. The lowest BCUT2D eigenvalue weighted by Crippen LogP contribution is -2.34. The fraction of sp³-hybridized carbons (Fsp3) is 0.467. The van der Waals surface area contributed by atoms with Gasteiger partial charge in [0.2, 0.25) is 0 Å². The average molecular weight is 337 g/mol. The van der Waals surface area contributed by atoms with Crippen molar-refractivity contribution in [3.8, 4) is 0 Å². The molecule has 7 nitrogen and oxygen atoms in total. The van der Waals surface area contributed by atoms with E-state index in [2.05, 4.69) is 32.2 Å². The number of likely N-dealkylation sites (N-methyl/N-ethyl adjacent to an activating group) is 1. The van der Waals surface area contributed by atoms with E-state index in [1.807, 2.05) is 7.05 Å². The molecule has 1 atom stereocenters. The van der Waals surface area contributed by atoms with Gasteiger partial charge in [-0.3, -0.25) is 9.69 Å². The van der Waals surface area contributed by atoms with Crippen molar-refractivity contribution in [2.75, 3.05) is 18.9 Å². The number of anilines is 1. The number of halogens is 1. The van der Waals surface area contributed by atoms with Crippen LogP contribution in [-0.2, 0) is 13.6 Å². The fourth-order valence-corrected chi connectivity index (χ4v) is 2.50. The molecule has 0 amide bonds. The normalized spacial score (nSPS) is 12.4. The van der Waals surface area contributed by atoms with Gasteiger partial charge < -0.3 is 5.32 Å². The molecule has 2 rings (SSSR count). The van der Waals surface area contributed by atoms with E-state index in [1.165, 1.54) is 11.0 Å². The number of hydrogen-bond donors (Lipinski definition) is 1. The Morgan fingerprint density at radius 3 is 2.70 bits per heavy atom. The van der Waals surface area contributed by atoms with Crippen LogP contribution in [0, 0.1) is 0 Å². The van der Waals surface area contributed by atoms with E-state index in [4.69, 9.17) is 11.6 Å². The van der Waals surface area contributed by atoms with Gasteiger partial charge in [-0.2, -0.15) is 5.10 Å². The molecule has 0 saturated carbocycles. The highest BCUT2D eigenvalue weighted by Gasteiger charge is 2.14. The van der Waals surface area contributed by atoms with Gasteiger partial charge >= 0.3 is 0 Å². The molecule has 0 spiro atoms. The van der Waals surface area contributed by atoms with Crippen LogP contribution in [0.15, 0.2) is 29.7 Å². The van der Waals surface area contributed by atoms with Gasteiger partial charge in [0.15, 0.2) is 0 Å². The summed E-state index contributed by atoms with van der Waals surface area (Å²) in [6.45, 7) is 3.62. The smallest absolute Gasteiger partial charge is 0.287 e. The molecule has 1 N–H and O–H groups in total. The number of aryl methyl sites for hydroxylation is 1. The highest BCUT2D eigenvalue weighted by molar-refractivity contribution is 6.32. The summed E-state index contributed by atoms with van der Waals surface area (Å²) in [5.41, 5.74) is 1.32. The fourth-order valence-electron chi connectivity index (χ4n) is 2.27. The van der Waals surface area contributed by atoms with Gasteiger partial charge in [-0.15, -0.1) is 0 Å². The van der Waals surface area contributed by atoms with Crippen molar-refractivity contribution in [2.24, 2.45) is 7.05 Å². The maximum atomic E-state index is 11.8. The average Bonchev–Trinajstić information content (AvgIpc) is 2.55. The Balaban J connectivity index is 2.00. The molecule has 0 aliphatic heterocycles. The first-order chi connectivity index (χ1) is 11.0. The maximum Gasteiger partial charge on any atom is 0.287 e. The van der Waals surface area contributed by atoms with Gasteiger partial charge in [-0.25, -0.2) is 14.6 Å². The molecular formula is C15H21ClN6O. The molecule has 0 radical (unpaired) electrons. The standard InChI is InChI=1S/C15H21ClN6O/c1-4-12(9-21(2)8-11-5-17-10-18-6-11)20-13-7-19-22(3)15(23)14(13)16/h5-7,10,12,20H,4,8-9H2,1-3H3. The number of hydrogen-bond acceptors (Lipinski definition) is 6. The van der Waals surface area contributed by atoms with Gasteiger partial charge in [0.1, 0.15) is 11.3 Å². The summed E-state index contributed by atoms with van der Waals surface area (Å²) in [7, 11) is 3.60. The summed E-state index contributed by atoms with van der Waals surface area (Å²) in [6.07, 6.45) is 7.60. The van der Waals surface area contributed by atoms with Crippen LogP contribution in [0.3, 0.4) is 0 Å². The monoisotopic (exact) mass is 336 g/mol. The Bertz CT molecular complexity index is 690. The number of nitrogens with zero attached hydrogens (tertiary/aromatic N) is 5. The molecule has 0 fully saturated rings. The Morgan fingerprint density at radius 2 is 2.04 bits per heavy atom. The largest absolute Gasteiger partial charge is 0.378 e. The Kier molecular flexibility index (Phi) is 6.06. The van der Waals surface area contributed by atoms with Crippen molar-refractivity contribution in [1.29, 1.82) is 0 Å². The highest BCUT2D eigenvalue weighted by atomic mass is 35.5. The van der Waals surface area contributed by atoms with Gasteiger partial charge in [0.05, 0.1) is 11.9 Å². The molecule has 2 aromatic heterocycles. The first kappa shape index (κ1) is 17.4. The Labute approximate surface area is 140 Å².